The van der Waals surface area contributed by atoms with Crippen LogP contribution in [0.1, 0.15) is 25.2 Å². The van der Waals surface area contributed by atoms with Crippen molar-refractivity contribution >= 4 is 0 Å². The Kier molecular flexibility index (Phi) is 5.41. The number of aryl methyl sites for hydroxylation is 1. The van der Waals surface area contributed by atoms with Crippen molar-refractivity contribution in [2.75, 3.05) is 26.2 Å². The Morgan fingerprint density at radius 1 is 1.36 bits per heavy atom. The SMILES string of the molecule is Cc1ccc(F)c(-n2nnnc2CN2CCN(C[C@H](C)O)[C@H](C)C2)c1. The first-order valence-electron chi connectivity index (χ1n) is 8.62. The van der Waals surface area contributed by atoms with Crippen molar-refractivity contribution in [3.05, 3.63) is 35.4 Å². The molecule has 1 aromatic carbocycles. The van der Waals surface area contributed by atoms with Gasteiger partial charge in [0, 0.05) is 32.2 Å². The van der Waals surface area contributed by atoms with Crippen molar-refractivity contribution in [2.45, 2.75) is 39.5 Å². The van der Waals surface area contributed by atoms with Crippen molar-refractivity contribution in [3.8, 4) is 5.69 Å². The molecule has 2 aromatic rings. The number of aliphatic hydroxyl groups is 1. The summed E-state index contributed by atoms with van der Waals surface area (Å²) in [5.41, 5.74) is 1.33. The van der Waals surface area contributed by atoms with E-state index in [1.807, 2.05) is 13.8 Å². The van der Waals surface area contributed by atoms with E-state index in [0.29, 0.717) is 30.6 Å². The fraction of sp³-hybridized carbons (Fsp3) is 0.588. The number of aromatic nitrogens is 4. The highest BCUT2D eigenvalue weighted by atomic mass is 19.1. The average Bonchev–Trinajstić information content (AvgIpc) is 3.00. The summed E-state index contributed by atoms with van der Waals surface area (Å²) in [5.74, 6) is 0.287. The van der Waals surface area contributed by atoms with Gasteiger partial charge in [-0.3, -0.25) is 9.80 Å². The lowest BCUT2D eigenvalue weighted by Gasteiger charge is -2.40. The molecule has 1 fully saturated rings. The molecule has 0 unspecified atom stereocenters. The first-order chi connectivity index (χ1) is 11.9. The number of hydrogen-bond donors (Lipinski definition) is 1. The molecule has 1 aliphatic heterocycles. The van der Waals surface area contributed by atoms with Crippen LogP contribution in [-0.4, -0.2) is 73.4 Å². The van der Waals surface area contributed by atoms with E-state index in [0.717, 1.165) is 25.2 Å². The van der Waals surface area contributed by atoms with Crippen LogP contribution in [0.4, 0.5) is 4.39 Å². The minimum atomic E-state index is -0.339. The molecule has 8 heteroatoms. The molecule has 0 saturated carbocycles. The summed E-state index contributed by atoms with van der Waals surface area (Å²) in [5, 5.41) is 21.4. The molecule has 136 valence electrons. The molecule has 1 N–H and O–H groups in total. The molecule has 3 rings (SSSR count). The number of benzene rings is 1. The monoisotopic (exact) mass is 348 g/mol. The van der Waals surface area contributed by atoms with Crippen molar-refractivity contribution < 1.29 is 9.50 Å². The van der Waals surface area contributed by atoms with E-state index in [1.54, 1.807) is 12.1 Å². The van der Waals surface area contributed by atoms with Gasteiger partial charge in [0.25, 0.3) is 0 Å². The third kappa shape index (κ3) is 4.20. The van der Waals surface area contributed by atoms with Gasteiger partial charge in [0.2, 0.25) is 0 Å². The lowest BCUT2D eigenvalue weighted by molar-refractivity contribution is 0.0411. The Labute approximate surface area is 147 Å². The molecular formula is C17H25FN6O. The average molecular weight is 348 g/mol. The molecular weight excluding hydrogens is 323 g/mol. The van der Waals surface area contributed by atoms with Gasteiger partial charge in [-0.05, 0) is 48.9 Å². The van der Waals surface area contributed by atoms with Gasteiger partial charge in [0.1, 0.15) is 11.5 Å². The van der Waals surface area contributed by atoms with Gasteiger partial charge in [-0.2, -0.15) is 4.68 Å². The van der Waals surface area contributed by atoms with Crippen molar-refractivity contribution in [3.63, 3.8) is 0 Å². The summed E-state index contributed by atoms with van der Waals surface area (Å²) < 4.78 is 15.6. The van der Waals surface area contributed by atoms with Gasteiger partial charge >= 0.3 is 0 Å². The summed E-state index contributed by atoms with van der Waals surface area (Å²) in [6.07, 6.45) is -0.328. The molecule has 7 nitrogen and oxygen atoms in total. The summed E-state index contributed by atoms with van der Waals surface area (Å²) in [4.78, 5) is 4.55. The Hall–Kier alpha value is -1.90. The first kappa shape index (κ1) is 17.9. The minimum Gasteiger partial charge on any atom is -0.392 e. The van der Waals surface area contributed by atoms with Crippen LogP contribution < -0.4 is 0 Å². The predicted molar refractivity (Wildman–Crippen MR) is 91.8 cm³/mol. The predicted octanol–water partition coefficient (Wildman–Crippen LogP) is 0.997. The number of piperazine rings is 1. The fourth-order valence-electron chi connectivity index (χ4n) is 3.30. The van der Waals surface area contributed by atoms with Gasteiger partial charge in [0.15, 0.2) is 5.82 Å². The van der Waals surface area contributed by atoms with E-state index < -0.39 is 0 Å². The molecule has 0 bridgehead atoms. The number of halogens is 1. The minimum absolute atomic E-state index is 0.328. The largest absolute Gasteiger partial charge is 0.392 e. The molecule has 1 aromatic heterocycles. The van der Waals surface area contributed by atoms with Crippen LogP contribution in [0.15, 0.2) is 18.2 Å². The molecule has 0 radical (unpaired) electrons. The van der Waals surface area contributed by atoms with Crippen molar-refractivity contribution in [2.24, 2.45) is 0 Å². The highest BCUT2D eigenvalue weighted by Gasteiger charge is 2.26. The Balaban J connectivity index is 1.71. The van der Waals surface area contributed by atoms with Crippen LogP contribution in [0.5, 0.6) is 0 Å². The quantitative estimate of drug-likeness (QED) is 0.869. The number of aliphatic hydroxyl groups excluding tert-OH is 1. The molecule has 1 aliphatic rings. The molecule has 1 saturated heterocycles. The van der Waals surface area contributed by atoms with E-state index in [4.69, 9.17) is 0 Å². The molecule has 0 aliphatic carbocycles. The van der Waals surface area contributed by atoms with Crippen LogP contribution in [0, 0.1) is 12.7 Å². The van der Waals surface area contributed by atoms with Gasteiger partial charge in [0.05, 0.1) is 12.6 Å². The van der Waals surface area contributed by atoms with E-state index >= 15 is 0 Å². The Bertz CT molecular complexity index is 719. The zero-order chi connectivity index (χ0) is 18.0. The van der Waals surface area contributed by atoms with Crippen LogP contribution >= 0.6 is 0 Å². The van der Waals surface area contributed by atoms with Gasteiger partial charge in [-0.15, -0.1) is 5.10 Å². The number of β-amino-alcohol motifs (C(OH)–C–C–N with tert-alkyl or cyclic N) is 1. The maximum atomic E-state index is 14.2. The normalized spacial score (nSPS) is 20.8. The molecule has 2 atom stereocenters. The van der Waals surface area contributed by atoms with Crippen LogP contribution in [0.25, 0.3) is 5.69 Å². The topological polar surface area (TPSA) is 70.3 Å². The van der Waals surface area contributed by atoms with E-state index in [9.17, 15) is 9.50 Å². The molecule has 25 heavy (non-hydrogen) atoms. The lowest BCUT2D eigenvalue weighted by Crippen LogP contribution is -2.53. The number of tetrazole rings is 1. The maximum Gasteiger partial charge on any atom is 0.170 e. The maximum absolute atomic E-state index is 14.2. The zero-order valence-corrected chi connectivity index (χ0v) is 14.9. The van der Waals surface area contributed by atoms with E-state index in [2.05, 4.69) is 32.2 Å². The van der Waals surface area contributed by atoms with Gasteiger partial charge < -0.3 is 5.11 Å². The number of nitrogens with zero attached hydrogens (tertiary/aromatic N) is 6. The van der Waals surface area contributed by atoms with E-state index in [1.165, 1.54) is 10.7 Å². The molecule has 0 spiro atoms. The Morgan fingerprint density at radius 3 is 2.88 bits per heavy atom. The van der Waals surface area contributed by atoms with Crippen LogP contribution in [-0.2, 0) is 6.54 Å². The summed E-state index contributed by atoms with van der Waals surface area (Å²) in [7, 11) is 0. The standard InChI is InChI=1S/C17H25FN6O/c1-12-4-5-15(18)16(8-12)24-17(19-20-21-24)11-22-6-7-23(10-14(3)25)13(2)9-22/h4-5,8,13-14,25H,6-7,9-11H2,1-3H3/t13-,14+/m1/s1. The second kappa shape index (κ2) is 7.55. The van der Waals surface area contributed by atoms with E-state index in [-0.39, 0.29) is 11.9 Å². The Morgan fingerprint density at radius 2 is 2.16 bits per heavy atom. The van der Waals surface area contributed by atoms with Crippen molar-refractivity contribution in [1.82, 2.24) is 30.0 Å². The van der Waals surface area contributed by atoms with Crippen LogP contribution in [0.2, 0.25) is 0 Å². The smallest absolute Gasteiger partial charge is 0.170 e. The van der Waals surface area contributed by atoms with Gasteiger partial charge in [-0.1, -0.05) is 6.07 Å². The number of rotatable bonds is 5. The third-order valence-electron chi connectivity index (χ3n) is 4.58. The third-order valence-corrected chi connectivity index (χ3v) is 4.58. The lowest BCUT2D eigenvalue weighted by atomic mass is 10.1. The first-order valence-corrected chi connectivity index (χ1v) is 8.62. The second-order valence-corrected chi connectivity index (χ2v) is 6.89. The summed E-state index contributed by atoms with van der Waals surface area (Å²) >= 11 is 0. The van der Waals surface area contributed by atoms with Crippen molar-refractivity contribution in [1.29, 1.82) is 0 Å². The zero-order valence-electron chi connectivity index (χ0n) is 14.9. The highest BCUT2D eigenvalue weighted by Crippen LogP contribution is 2.17. The van der Waals surface area contributed by atoms with Gasteiger partial charge in [-0.25, -0.2) is 4.39 Å². The fourth-order valence-corrected chi connectivity index (χ4v) is 3.30. The highest BCUT2D eigenvalue weighted by molar-refractivity contribution is 5.36. The summed E-state index contributed by atoms with van der Waals surface area (Å²) in [6, 6.07) is 5.25. The molecule has 2 heterocycles. The summed E-state index contributed by atoms with van der Waals surface area (Å²) in [6.45, 7) is 9.72. The van der Waals surface area contributed by atoms with Crippen LogP contribution in [0.3, 0.4) is 0 Å². The number of hydrogen-bond acceptors (Lipinski definition) is 6. The molecule has 0 amide bonds. The second-order valence-electron chi connectivity index (χ2n) is 6.89.